The number of benzene rings is 1. The first-order chi connectivity index (χ1) is 10.1. The number of hydrogen-bond acceptors (Lipinski definition) is 3. The fraction of sp³-hybridized carbons (Fsp3) is 0.467. The Morgan fingerprint density at radius 1 is 1.14 bits per heavy atom. The molecule has 1 aromatic carbocycles. The quantitative estimate of drug-likeness (QED) is 0.847. The second-order valence-electron chi connectivity index (χ2n) is 5.12. The highest BCUT2D eigenvalue weighted by atomic mass is 35.5. The first kappa shape index (κ1) is 16.1. The van der Waals surface area contributed by atoms with Crippen molar-refractivity contribution in [1.29, 1.82) is 0 Å². The Labute approximate surface area is 133 Å². The summed E-state index contributed by atoms with van der Waals surface area (Å²) in [6, 6.07) is 4.77. The fourth-order valence-electron chi connectivity index (χ4n) is 2.36. The van der Waals surface area contributed by atoms with Crippen LogP contribution in [-0.4, -0.2) is 18.5 Å². The third kappa shape index (κ3) is 4.90. The van der Waals surface area contributed by atoms with E-state index in [-0.39, 0.29) is 18.5 Å². The van der Waals surface area contributed by atoms with Crippen LogP contribution >= 0.6 is 23.2 Å². The maximum Gasteiger partial charge on any atom is 0.309 e. The summed E-state index contributed by atoms with van der Waals surface area (Å²) in [6.45, 7) is -0.282. The smallest absolute Gasteiger partial charge is 0.309 e. The van der Waals surface area contributed by atoms with Crippen molar-refractivity contribution in [3.63, 3.8) is 0 Å². The van der Waals surface area contributed by atoms with E-state index >= 15 is 0 Å². The third-order valence-electron chi connectivity index (χ3n) is 3.49. The molecule has 21 heavy (non-hydrogen) atoms. The number of esters is 1. The van der Waals surface area contributed by atoms with Crippen molar-refractivity contribution in [2.24, 2.45) is 5.92 Å². The van der Waals surface area contributed by atoms with Gasteiger partial charge in [0.15, 0.2) is 6.61 Å². The Balaban J connectivity index is 1.78. The molecule has 6 heteroatoms. The number of nitrogens with one attached hydrogen (secondary N) is 1. The molecule has 1 aliphatic carbocycles. The Hall–Kier alpha value is -1.26. The van der Waals surface area contributed by atoms with Crippen LogP contribution in [0.15, 0.2) is 18.2 Å². The number of hydrogen-bond donors (Lipinski definition) is 1. The van der Waals surface area contributed by atoms with Crippen LogP contribution in [0.3, 0.4) is 0 Å². The lowest BCUT2D eigenvalue weighted by atomic mass is 9.89. The Bertz CT molecular complexity index is 528. The van der Waals surface area contributed by atoms with E-state index in [4.69, 9.17) is 27.9 Å². The van der Waals surface area contributed by atoms with Gasteiger partial charge < -0.3 is 10.1 Å². The average Bonchev–Trinajstić information content (AvgIpc) is 2.49. The van der Waals surface area contributed by atoms with Gasteiger partial charge in [-0.25, -0.2) is 0 Å². The Kier molecular flexibility index (Phi) is 5.88. The lowest BCUT2D eigenvalue weighted by Gasteiger charge is -2.19. The van der Waals surface area contributed by atoms with E-state index in [2.05, 4.69) is 5.32 Å². The minimum atomic E-state index is -0.391. The molecule has 0 radical (unpaired) electrons. The van der Waals surface area contributed by atoms with Crippen molar-refractivity contribution < 1.29 is 14.3 Å². The summed E-state index contributed by atoms with van der Waals surface area (Å²) in [5.74, 6) is -0.729. The van der Waals surface area contributed by atoms with Gasteiger partial charge in [0.2, 0.25) is 0 Å². The largest absolute Gasteiger partial charge is 0.455 e. The summed E-state index contributed by atoms with van der Waals surface area (Å²) in [4.78, 5) is 23.5. The lowest BCUT2D eigenvalue weighted by Crippen LogP contribution is -2.26. The number of rotatable bonds is 4. The predicted octanol–water partition coefficient (Wildman–Crippen LogP) is 4.06. The van der Waals surface area contributed by atoms with E-state index in [1.807, 2.05) is 0 Å². The molecular weight excluding hydrogens is 313 g/mol. The molecule has 0 aromatic heterocycles. The zero-order chi connectivity index (χ0) is 15.2. The van der Waals surface area contributed by atoms with Gasteiger partial charge in [-0.2, -0.15) is 0 Å². The topological polar surface area (TPSA) is 55.4 Å². The molecule has 114 valence electrons. The van der Waals surface area contributed by atoms with Gasteiger partial charge in [0.05, 0.1) is 16.0 Å². The fourth-order valence-corrected chi connectivity index (χ4v) is 2.66. The van der Waals surface area contributed by atoms with E-state index in [0.29, 0.717) is 15.7 Å². The van der Waals surface area contributed by atoms with Gasteiger partial charge in [0.1, 0.15) is 0 Å². The molecule has 2 rings (SSSR count). The highest BCUT2D eigenvalue weighted by Crippen LogP contribution is 2.26. The molecule has 1 N–H and O–H groups in total. The van der Waals surface area contributed by atoms with Crippen LogP contribution < -0.4 is 5.32 Å². The minimum Gasteiger partial charge on any atom is -0.455 e. The van der Waals surface area contributed by atoms with Crippen molar-refractivity contribution in [2.75, 3.05) is 11.9 Å². The molecule has 0 atom stereocenters. The van der Waals surface area contributed by atoms with Crippen molar-refractivity contribution >= 4 is 40.8 Å². The van der Waals surface area contributed by atoms with Gasteiger partial charge >= 0.3 is 5.97 Å². The van der Waals surface area contributed by atoms with E-state index in [1.54, 1.807) is 18.2 Å². The van der Waals surface area contributed by atoms with Crippen LogP contribution in [0.1, 0.15) is 32.1 Å². The van der Waals surface area contributed by atoms with Gasteiger partial charge in [-0.1, -0.05) is 42.5 Å². The number of amides is 1. The number of halogens is 2. The molecular formula is C15H17Cl2NO3. The van der Waals surface area contributed by atoms with E-state index in [0.717, 1.165) is 25.7 Å². The SMILES string of the molecule is O=C(COC(=O)C1CCCCC1)Nc1ccc(Cl)c(Cl)c1. The maximum atomic E-state index is 11.8. The number of carbonyl (C=O) groups excluding carboxylic acids is 2. The van der Waals surface area contributed by atoms with Crippen molar-refractivity contribution in [2.45, 2.75) is 32.1 Å². The van der Waals surface area contributed by atoms with Gasteiger partial charge in [-0.3, -0.25) is 9.59 Å². The highest BCUT2D eigenvalue weighted by Gasteiger charge is 2.23. The summed E-state index contributed by atoms with van der Waals surface area (Å²) in [7, 11) is 0. The molecule has 1 fully saturated rings. The Morgan fingerprint density at radius 3 is 2.52 bits per heavy atom. The first-order valence-corrected chi connectivity index (χ1v) is 7.73. The molecule has 0 unspecified atom stereocenters. The molecule has 0 bridgehead atoms. The molecule has 0 saturated heterocycles. The van der Waals surface area contributed by atoms with Crippen LogP contribution in [0.2, 0.25) is 10.0 Å². The lowest BCUT2D eigenvalue weighted by molar-refractivity contribution is -0.152. The van der Waals surface area contributed by atoms with E-state index in [1.165, 1.54) is 6.42 Å². The monoisotopic (exact) mass is 329 g/mol. The number of carbonyl (C=O) groups is 2. The van der Waals surface area contributed by atoms with Gasteiger partial charge in [0, 0.05) is 5.69 Å². The highest BCUT2D eigenvalue weighted by molar-refractivity contribution is 6.42. The molecule has 1 saturated carbocycles. The molecule has 4 nitrogen and oxygen atoms in total. The van der Waals surface area contributed by atoms with Crippen LogP contribution in [-0.2, 0) is 14.3 Å². The summed E-state index contributed by atoms with van der Waals surface area (Å²) in [5, 5.41) is 3.38. The number of anilines is 1. The van der Waals surface area contributed by atoms with E-state index in [9.17, 15) is 9.59 Å². The van der Waals surface area contributed by atoms with Crippen LogP contribution in [0.25, 0.3) is 0 Å². The van der Waals surface area contributed by atoms with Gasteiger partial charge in [-0.15, -0.1) is 0 Å². The second kappa shape index (κ2) is 7.66. The van der Waals surface area contributed by atoms with Crippen molar-refractivity contribution in [1.82, 2.24) is 0 Å². The third-order valence-corrected chi connectivity index (χ3v) is 4.23. The minimum absolute atomic E-state index is 0.0588. The zero-order valence-corrected chi connectivity index (χ0v) is 13.0. The van der Waals surface area contributed by atoms with Gasteiger partial charge in [-0.05, 0) is 31.0 Å². The summed E-state index contributed by atoms with van der Waals surface area (Å²) in [5.41, 5.74) is 0.517. The summed E-state index contributed by atoms with van der Waals surface area (Å²) < 4.78 is 5.06. The summed E-state index contributed by atoms with van der Waals surface area (Å²) >= 11 is 11.6. The molecule has 1 aromatic rings. The summed E-state index contributed by atoms with van der Waals surface area (Å²) in [6.07, 6.45) is 4.98. The standard InChI is InChI=1S/C15H17Cl2NO3/c16-12-7-6-11(8-13(12)17)18-14(19)9-21-15(20)10-4-2-1-3-5-10/h6-8,10H,1-5,9H2,(H,18,19). The van der Waals surface area contributed by atoms with Crippen molar-refractivity contribution in [3.8, 4) is 0 Å². The van der Waals surface area contributed by atoms with Gasteiger partial charge in [0.25, 0.3) is 5.91 Å². The normalized spacial score (nSPS) is 15.5. The average molecular weight is 330 g/mol. The molecule has 0 aliphatic heterocycles. The second-order valence-corrected chi connectivity index (χ2v) is 5.93. The van der Waals surface area contributed by atoms with Crippen molar-refractivity contribution in [3.05, 3.63) is 28.2 Å². The zero-order valence-electron chi connectivity index (χ0n) is 11.5. The van der Waals surface area contributed by atoms with E-state index < -0.39 is 5.91 Å². The Morgan fingerprint density at radius 2 is 1.86 bits per heavy atom. The number of ether oxygens (including phenoxy) is 1. The molecule has 1 amide bonds. The first-order valence-electron chi connectivity index (χ1n) is 6.98. The molecule has 0 spiro atoms. The van der Waals surface area contributed by atoms with Crippen LogP contribution in [0, 0.1) is 5.92 Å². The van der Waals surface area contributed by atoms with Crippen LogP contribution in [0.4, 0.5) is 5.69 Å². The van der Waals surface area contributed by atoms with Crippen LogP contribution in [0.5, 0.6) is 0 Å². The predicted molar refractivity (Wildman–Crippen MR) is 82.6 cm³/mol. The molecule has 0 heterocycles. The molecule has 1 aliphatic rings. The maximum absolute atomic E-state index is 11.8.